The van der Waals surface area contributed by atoms with Crippen molar-refractivity contribution in [3.63, 3.8) is 0 Å². The maximum Gasteiger partial charge on any atom is 0.330 e. The number of aliphatic carboxylic acids is 1. The van der Waals surface area contributed by atoms with E-state index in [-0.39, 0.29) is 24.1 Å². The van der Waals surface area contributed by atoms with Gasteiger partial charge in [-0.3, -0.25) is 19.1 Å². The highest BCUT2D eigenvalue weighted by Gasteiger charge is 2.12. The number of aryl methyl sites for hydroxylation is 2. The Kier molecular flexibility index (Phi) is 5.34. The minimum Gasteiger partial charge on any atom is -0.481 e. The number of rotatable bonds is 7. The molecular weight excluding hydrogens is 348 g/mol. The first-order chi connectivity index (χ1) is 12.9. The summed E-state index contributed by atoms with van der Waals surface area (Å²) in [6.07, 6.45) is 2.84. The van der Waals surface area contributed by atoms with Crippen LogP contribution in [0.15, 0.2) is 21.7 Å². The summed E-state index contributed by atoms with van der Waals surface area (Å²) >= 11 is 0. The molecule has 2 N–H and O–H groups in total. The summed E-state index contributed by atoms with van der Waals surface area (Å²) in [4.78, 5) is 47.0. The standard InChI is InChI=1S/C19H22N4O4/c1-11-9-13-14(10-12(11)2)21-17-16(20-13)18(26)23(19(27)22-17)8-6-4-3-5-7-15(24)25/h9-10H,3-8H2,1-2H3,(H,24,25)(H,21,22,27). The van der Waals surface area contributed by atoms with Gasteiger partial charge < -0.3 is 5.11 Å². The van der Waals surface area contributed by atoms with Gasteiger partial charge in [-0.15, -0.1) is 0 Å². The molecule has 0 spiro atoms. The summed E-state index contributed by atoms with van der Waals surface area (Å²) < 4.78 is 1.14. The van der Waals surface area contributed by atoms with Crippen molar-refractivity contribution in [1.29, 1.82) is 0 Å². The van der Waals surface area contributed by atoms with Gasteiger partial charge in [0, 0.05) is 13.0 Å². The average Bonchev–Trinajstić information content (AvgIpc) is 2.60. The molecule has 0 radical (unpaired) electrons. The SMILES string of the molecule is Cc1cc2nc3[nH]c(=O)n(CCCCCCC(=O)O)c(=O)c3nc2cc1C. The van der Waals surface area contributed by atoms with Crippen LogP contribution in [0.4, 0.5) is 0 Å². The quantitative estimate of drug-likeness (QED) is 0.487. The maximum absolute atomic E-state index is 12.7. The second-order valence-electron chi connectivity index (χ2n) is 6.79. The number of carbonyl (C=O) groups is 1. The summed E-state index contributed by atoms with van der Waals surface area (Å²) in [5, 5.41) is 8.63. The number of benzene rings is 1. The van der Waals surface area contributed by atoms with Gasteiger partial charge >= 0.3 is 11.7 Å². The number of hydrogen-bond donors (Lipinski definition) is 2. The van der Waals surface area contributed by atoms with Crippen molar-refractivity contribution in [1.82, 2.24) is 19.5 Å². The van der Waals surface area contributed by atoms with Gasteiger partial charge in [0.25, 0.3) is 5.56 Å². The number of H-pyrrole nitrogens is 1. The Labute approximate surface area is 154 Å². The third kappa shape index (κ3) is 4.05. The van der Waals surface area contributed by atoms with Gasteiger partial charge in [0.2, 0.25) is 0 Å². The van der Waals surface area contributed by atoms with Crippen LogP contribution in [0.5, 0.6) is 0 Å². The van der Waals surface area contributed by atoms with Gasteiger partial charge in [0.05, 0.1) is 11.0 Å². The molecule has 8 heteroatoms. The molecule has 3 rings (SSSR count). The first-order valence-corrected chi connectivity index (χ1v) is 9.00. The Balaban J connectivity index is 1.87. The molecule has 8 nitrogen and oxygen atoms in total. The Hall–Kier alpha value is -3.03. The molecule has 0 amide bonds. The number of carboxylic acids is 1. The second kappa shape index (κ2) is 7.69. The molecule has 0 fully saturated rings. The highest BCUT2D eigenvalue weighted by molar-refractivity contribution is 5.84. The minimum absolute atomic E-state index is 0.137. The van der Waals surface area contributed by atoms with E-state index in [0.29, 0.717) is 23.9 Å². The average molecular weight is 370 g/mol. The molecule has 27 heavy (non-hydrogen) atoms. The highest BCUT2D eigenvalue weighted by atomic mass is 16.4. The van der Waals surface area contributed by atoms with E-state index in [1.807, 2.05) is 26.0 Å². The van der Waals surface area contributed by atoms with Crippen molar-refractivity contribution in [3.05, 3.63) is 44.1 Å². The predicted octanol–water partition coefficient (Wildman–Crippen LogP) is 2.28. The number of carboxylic acid groups (broad SMARTS) is 1. The molecule has 0 saturated heterocycles. The molecule has 3 aromatic rings. The van der Waals surface area contributed by atoms with E-state index in [4.69, 9.17) is 5.11 Å². The number of aromatic nitrogens is 4. The second-order valence-corrected chi connectivity index (χ2v) is 6.79. The lowest BCUT2D eigenvalue weighted by Gasteiger charge is -2.07. The van der Waals surface area contributed by atoms with E-state index in [1.54, 1.807) is 0 Å². The molecular formula is C19H22N4O4. The van der Waals surface area contributed by atoms with Crippen LogP contribution in [0, 0.1) is 13.8 Å². The van der Waals surface area contributed by atoms with E-state index in [2.05, 4.69) is 15.0 Å². The van der Waals surface area contributed by atoms with Crippen LogP contribution in [0.3, 0.4) is 0 Å². The van der Waals surface area contributed by atoms with Crippen molar-refractivity contribution >= 4 is 28.2 Å². The number of nitrogens with zero attached hydrogens (tertiary/aromatic N) is 3. The third-order valence-electron chi connectivity index (χ3n) is 4.72. The molecule has 0 saturated carbocycles. The third-order valence-corrected chi connectivity index (χ3v) is 4.72. The van der Waals surface area contributed by atoms with Gasteiger partial charge in [-0.25, -0.2) is 14.8 Å². The lowest BCUT2D eigenvalue weighted by Crippen LogP contribution is -2.35. The normalized spacial score (nSPS) is 11.3. The van der Waals surface area contributed by atoms with Crippen molar-refractivity contribution in [2.45, 2.75) is 52.5 Å². The molecule has 1 aromatic carbocycles. The fourth-order valence-electron chi connectivity index (χ4n) is 3.04. The zero-order valence-corrected chi connectivity index (χ0v) is 15.4. The summed E-state index contributed by atoms with van der Waals surface area (Å²) in [7, 11) is 0. The Morgan fingerprint density at radius 2 is 1.67 bits per heavy atom. The topological polar surface area (TPSA) is 118 Å². The Morgan fingerprint density at radius 3 is 2.33 bits per heavy atom. The summed E-state index contributed by atoms with van der Waals surface area (Å²) in [6, 6.07) is 3.77. The predicted molar refractivity (Wildman–Crippen MR) is 102 cm³/mol. The van der Waals surface area contributed by atoms with Crippen molar-refractivity contribution < 1.29 is 9.90 Å². The van der Waals surface area contributed by atoms with Crippen LogP contribution >= 0.6 is 0 Å². The molecule has 2 heterocycles. The highest BCUT2D eigenvalue weighted by Crippen LogP contribution is 2.17. The fourth-order valence-corrected chi connectivity index (χ4v) is 3.04. The zero-order chi connectivity index (χ0) is 19.6. The van der Waals surface area contributed by atoms with Crippen LogP contribution in [-0.4, -0.2) is 30.6 Å². The van der Waals surface area contributed by atoms with Crippen molar-refractivity contribution in [2.75, 3.05) is 0 Å². The van der Waals surface area contributed by atoms with Crippen LogP contribution in [0.25, 0.3) is 22.2 Å². The van der Waals surface area contributed by atoms with Gasteiger partial charge in [-0.1, -0.05) is 12.8 Å². The molecule has 0 aliphatic carbocycles. The monoisotopic (exact) mass is 370 g/mol. The molecule has 0 aliphatic heterocycles. The minimum atomic E-state index is -0.812. The molecule has 0 atom stereocenters. The van der Waals surface area contributed by atoms with E-state index in [1.165, 1.54) is 0 Å². The van der Waals surface area contributed by atoms with Gasteiger partial charge in [-0.2, -0.15) is 0 Å². The van der Waals surface area contributed by atoms with E-state index >= 15 is 0 Å². The smallest absolute Gasteiger partial charge is 0.330 e. The van der Waals surface area contributed by atoms with E-state index in [9.17, 15) is 14.4 Å². The molecule has 0 unspecified atom stereocenters. The van der Waals surface area contributed by atoms with E-state index < -0.39 is 17.2 Å². The maximum atomic E-state index is 12.7. The van der Waals surface area contributed by atoms with Gasteiger partial charge in [-0.05, 0) is 49.9 Å². The van der Waals surface area contributed by atoms with Gasteiger partial charge in [0.1, 0.15) is 0 Å². The van der Waals surface area contributed by atoms with E-state index in [0.717, 1.165) is 28.5 Å². The molecule has 142 valence electrons. The first-order valence-electron chi connectivity index (χ1n) is 9.00. The van der Waals surface area contributed by atoms with Crippen LogP contribution < -0.4 is 11.2 Å². The fraction of sp³-hybridized carbons (Fsp3) is 0.421. The lowest BCUT2D eigenvalue weighted by molar-refractivity contribution is -0.137. The number of unbranched alkanes of at least 4 members (excludes halogenated alkanes) is 3. The summed E-state index contributed by atoms with van der Waals surface area (Å²) in [5.74, 6) is -0.812. The van der Waals surface area contributed by atoms with Crippen LogP contribution in [-0.2, 0) is 11.3 Å². The largest absolute Gasteiger partial charge is 0.481 e. The molecule has 0 bridgehead atoms. The summed E-state index contributed by atoms with van der Waals surface area (Å²) in [6.45, 7) is 4.21. The first kappa shape index (κ1) is 18.8. The zero-order valence-electron chi connectivity index (χ0n) is 15.4. The Morgan fingerprint density at radius 1 is 1.04 bits per heavy atom. The molecule has 0 aliphatic rings. The van der Waals surface area contributed by atoms with Crippen LogP contribution in [0.1, 0.15) is 43.2 Å². The number of aromatic amines is 1. The number of fused-ring (bicyclic) bond motifs is 2. The van der Waals surface area contributed by atoms with Gasteiger partial charge in [0.15, 0.2) is 11.2 Å². The van der Waals surface area contributed by atoms with Crippen LogP contribution in [0.2, 0.25) is 0 Å². The van der Waals surface area contributed by atoms with Crippen molar-refractivity contribution in [3.8, 4) is 0 Å². The number of hydrogen-bond acceptors (Lipinski definition) is 5. The molecule has 2 aromatic heterocycles. The lowest BCUT2D eigenvalue weighted by atomic mass is 10.1. The number of nitrogens with one attached hydrogen (secondary N) is 1. The summed E-state index contributed by atoms with van der Waals surface area (Å²) in [5.41, 5.74) is 2.76. The van der Waals surface area contributed by atoms with Crippen molar-refractivity contribution in [2.24, 2.45) is 0 Å². The Bertz CT molecular complexity index is 1130.